The number of halogens is 7. The van der Waals surface area contributed by atoms with Crippen LogP contribution in [0.1, 0.15) is 49.8 Å². The van der Waals surface area contributed by atoms with E-state index in [1.165, 1.54) is 4.90 Å². The lowest BCUT2D eigenvalue weighted by Gasteiger charge is -2.39. The number of ether oxygens (including phenoxy) is 1. The Morgan fingerprint density at radius 2 is 1.50 bits per heavy atom. The Balaban J connectivity index is 1.82. The minimum Gasteiger partial charge on any atom is -0.444 e. The van der Waals surface area contributed by atoms with Gasteiger partial charge >= 0.3 is 24.5 Å². The molecule has 3 rings (SSSR count). The van der Waals surface area contributed by atoms with E-state index in [9.17, 15) is 35.9 Å². The van der Waals surface area contributed by atoms with E-state index >= 15 is 0 Å². The summed E-state index contributed by atoms with van der Waals surface area (Å²) in [5.74, 6) is -0.466. The average Bonchev–Trinajstić information content (AvgIpc) is 2.77. The number of amides is 3. The zero-order chi connectivity index (χ0) is 28.5. The van der Waals surface area contributed by atoms with Crippen molar-refractivity contribution in [2.45, 2.75) is 57.1 Å². The second kappa shape index (κ2) is 10.9. The third kappa shape index (κ3) is 7.92. The van der Waals surface area contributed by atoms with E-state index in [0.717, 1.165) is 0 Å². The molecule has 1 fully saturated rings. The summed E-state index contributed by atoms with van der Waals surface area (Å²) in [7, 11) is 0. The van der Waals surface area contributed by atoms with Crippen LogP contribution in [-0.4, -0.2) is 41.8 Å². The molecule has 2 aromatic rings. The summed E-state index contributed by atoms with van der Waals surface area (Å²) in [6, 6.07) is 5.90. The van der Waals surface area contributed by atoms with Crippen molar-refractivity contribution in [1.29, 1.82) is 0 Å². The number of hydrogen-bond donors (Lipinski definition) is 2. The van der Waals surface area contributed by atoms with Gasteiger partial charge in [0, 0.05) is 35.8 Å². The zero-order valence-electron chi connectivity index (χ0n) is 20.6. The van der Waals surface area contributed by atoms with Crippen LogP contribution in [0.25, 0.3) is 0 Å². The van der Waals surface area contributed by atoms with Gasteiger partial charge in [0.15, 0.2) is 0 Å². The predicted octanol–water partition coefficient (Wildman–Crippen LogP) is 7.29. The Hall–Kier alpha value is -3.15. The van der Waals surface area contributed by atoms with Crippen LogP contribution < -0.4 is 10.6 Å². The van der Waals surface area contributed by atoms with Crippen molar-refractivity contribution < 1.29 is 40.7 Å². The van der Waals surface area contributed by atoms with Gasteiger partial charge in [-0.1, -0.05) is 23.7 Å². The molecular weight excluding hydrogens is 540 g/mol. The van der Waals surface area contributed by atoms with Crippen LogP contribution in [0.5, 0.6) is 0 Å². The van der Waals surface area contributed by atoms with Crippen molar-refractivity contribution in [3.63, 3.8) is 0 Å². The van der Waals surface area contributed by atoms with Gasteiger partial charge in [-0.05, 0) is 63.1 Å². The fraction of sp³-hybridized carbons (Fsp3) is 0.440. The van der Waals surface area contributed by atoms with E-state index in [2.05, 4.69) is 10.6 Å². The van der Waals surface area contributed by atoms with Crippen molar-refractivity contribution in [2.75, 3.05) is 18.4 Å². The van der Waals surface area contributed by atoms with Crippen LogP contribution in [0.2, 0.25) is 5.02 Å². The molecule has 0 spiro atoms. The maximum Gasteiger partial charge on any atom is 0.416 e. The zero-order valence-corrected chi connectivity index (χ0v) is 21.4. The molecule has 0 aliphatic carbocycles. The SMILES string of the molecule is CC(C)(C)OC(=O)N1CC[C@@H](NC(=O)Nc2cc(C(F)(F)F)cc(C(F)(F)F)c2)[C@H](c2ccc(Cl)cc2)C1. The fourth-order valence-corrected chi connectivity index (χ4v) is 4.15. The first-order valence-electron chi connectivity index (χ1n) is 11.5. The van der Waals surface area contributed by atoms with E-state index in [0.29, 0.717) is 22.7 Å². The van der Waals surface area contributed by atoms with Crippen LogP contribution in [-0.2, 0) is 17.1 Å². The minimum absolute atomic E-state index is 0.0218. The molecular formula is C25H26ClF6N3O3. The highest BCUT2D eigenvalue weighted by atomic mass is 35.5. The molecule has 208 valence electrons. The molecule has 1 aliphatic rings. The molecule has 0 unspecified atom stereocenters. The molecule has 2 N–H and O–H groups in total. The molecule has 2 aromatic carbocycles. The first-order valence-corrected chi connectivity index (χ1v) is 11.9. The van der Waals surface area contributed by atoms with E-state index in [1.807, 2.05) is 0 Å². The number of benzene rings is 2. The molecule has 38 heavy (non-hydrogen) atoms. The molecule has 0 saturated carbocycles. The average molecular weight is 566 g/mol. The number of anilines is 1. The van der Waals surface area contributed by atoms with Gasteiger partial charge in [0.2, 0.25) is 0 Å². The lowest BCUT2D eigenvalue weighted by Crippen LogP contribution is -2.52. The predicted molar refractivity (Wildman–Crippen MR) is 129 cm³/mol. The smallest absolute Gasteiger partial charge is 0.416 e. The number of nitrogens with one attached hydrogen (secondary N) is 2. The summed E-state index contributed by atoms with van der Waals surface area (Å²) < 4.78 is 84.5. The lowest BCUT2D eigenvalue weighted by atomic mass is 9.86. The van der Waals surface area contributed by atoms with Crippen molar-refractivity contribution in [3.05, 3.63) is 64.2 Å². The Bertz CT molecular complexity index is 1130. The number of nitrogens with zero attached hydrogens (tertiary/aromatic N) is 1. The third-order valence-corrected chi connectivity index (χ3v) is 5.98. The normalized spacial score (nSPS) is 18.6. The van der Waals surface area contributed by atoms with Crippen molar-refractivity contribution >= 4 is 29.4 Å². The molecule has 0 radical (unpaired) electrons. The summed E-state index contributed by atoms with van der Waals surface area (Å²) >= 11 is 5.98. The number of rotatable bonds is 3. The number of hydrogen-bond acceptors (Lipinski definition) is 3. The van der Waals surface area contributed by atoms with Gasteiger partial charge in [-0.2, -0.15) is 26.3 Å². The number of carbonyl (C=O) groups excluding carboxylic acids is 2. The van der Waals surface area contributed by atoms with Gasteiger partial charge in [-0.3, -0.25) is 0 Å². The van der Waals surface area contributed by atoms with Gasteiger partial charge < -0.3 is 20.3 Å². The van der Waals surface area contributed by atoms with E-state index < -0.39 is 58.9 Å². The molecule has 1 saturated heterocycles. The van der Waals surface area contributed by atoms with Gasteiger partial charge in [-0.25, -0.2) is 9.59 Å². The summed E-state index contributed by atoms with van der Waals surface area (Å²) in [6.07, 6.45) is -10.4. The van der Waals surface area contributed by atoms with Gasteiger partial charge in [0.25, 0.3) is 0 Å². The summed E-state index contributed by atoms with van der Waals surface area (Å²) in [6.45, 7) is 5.50. The standard InChI is InChI=1S/C25H26ClF6N3O3/c1-23(2,3)38-22(37)35-9-8-20(19(13-35)14-4-6-17(26)7-5-14)34-21(36)33-18-11-15(24(27,28)29)10-16(12-18)25(30,31)32/h4-7,10-12,19-20H,8-9,13H2,1-3H3,(H2,33,34,36)/t19-,20+/m0/s1. The maximum absolute atomic E-state index is 13.2. The molecule has 0 aromatic heterocycles. The van der Waals surface area contributed by atoms with Crippen LogP contribution in [0.4, 0.5) is 41.6 Å². The number of likely N-dealkylation sites (tertiary alicyclic amines) is 1. The number of piperidine rings is 1. The Kier molecular flexibility index (Phi) is 8.45. The Morgan fingerprint density at radius 1 is 0.947 bits per heavy atom. The van der Waals surface area contributed by atoms with Crippen LogP contribution in [0.3, 0.4) is 0 Å². The highest BCUT2D eigenvalue weighted by molar-refractivity contribution is 6.30. The maximum atomic E-state index is 13.2. The summed E-state index contributed by atoms with van der Waals surface area (Å²) in [4.78, 5) is 26.8. The summed E-state index contributed by atoms with van der Waals surface area (Å²) in [5, 5.41) is 5.17. The van der Waals surface area contributed by atoms with Gasteiger partial charge in [-0.15, -0.1) is 0 Å². The van der Waals surface area contributed by atoms with Crippen LogP contribution in [0, 0.1) is 0 Å². The van der Waals surface area contributed by atoms with Crippen molar-refractivity contribution in [1.82, 2.24) is 10.2 Å². The minimum atomic E-state index is -5.05. The second-order valence-electron chi connectivity index (χ2n) is 9.87. The topological polar surface area (TPSA) is 70.7 Å². The molecule has 13 heteroatoms. The van der Waals surface area contributed by atoms with Gasteiger partial charge in [0.1, 0.15) is 5.60 Å². The lowest BCUT2D eigenvalue weighted by molar-refractivity contribution is -0.143. The van der Waals surface area contributed by atoms with E-state index in [-0.39, 0.29) is 25.6 Å². The molecule has 1 aliphatic heterocycles. The summed E-state index contributed by atoms with van der Waals surface area (Å²) in [5.41, 5.74) is -3.79. The largest absolute Gasteiger partial charge is 0.444 e. The van der Waals surface area contributed by atoms with Crippen LogP contribution >= 0.6 is 11.6 Å². The quantitative estimate of drug-likeness (QED) is 0.384. The number of urea groups is 1. The monoisotopic (exact) mass is 565 g/mol. The highest BCUT2D eigenvalue weighted by Gasteiger charge is 2.38. The Labute approximate surface area is 220 Å². The van der Waals surface area contributed by atoms with Gasteiger partial charge in [0.05, 0.1) is 11.1 Å². The molecule has 2 atom stereocenters. The van der Waals surface area contributed by atoms with E-state index in [4.69, 9.17) is 16.3 Å². The van der Waals surface area contributed by atoms with E-state index in [1.54, 1.807) is 45.0 Å². The van der Waals surface area contributed by atoms with Crippen LogP contribution in [0.15, 0.2) is 42.5 Å². The highest BCUT2D eigenvalue weighted by Crippen LogP contribution is 2.37. The van der Waals surface area contributed by atoms with Crippen molar-refractivity contribution in [2.24, 2.45) is 0 Å². The second-order valence-corrected chi connectivity index (χ2v) is 10.3. The fourth-order valence-electron chi connectivity index (χ4n) is 4.03. The first-order chi connectivity index (χ1) is 17.4. The van der Waals surface area contributed by atoms with Crippen molar-refractivity contribution in [3.8, 4) is 0 Å². The first kappa shape index (κ1) is 29.4. The Morgan fingerprint density at radius 3 is 2.00 bits per heavy atom. The third-order valence-electron chi connectivity index (χ3n) is 5.72. The number of alkyl halides is 6. The number of carbonyl (C=O) groups is 2. The molecule has 3 amide bonds. The molecule has 0 bridgehead atoms. The molecule has 6 nitrogen and oxygen atoms in total. The molecule has 1 heterocycles.